The van der Waals surface area contributed by atoms with Crippen LogP contribution in [-0.2, 0) is 12.3 Å². The molecule has 0 spiro atoms. The van der Waals surface area contributed by atoms with Crippen molar-refractivity contribution >= 4 is 29.0 Å². The number of thioether (sulfide) groups is 1. The second-order valence-electron chi connectivity index (χ2n) is 6.52. The van der Waals surface area contributed by atoms with Crippen molar-refractivity contribution in [1.82, 2.24) is 18.9 Å². The number of aromatic nitrogens is 4. The molecule has 0 aliphatic rings. The van der Waals surface area contributed by atoms with Gasteiger partial charge >= 0.3 is 0 Å². The Morgan fingerprint density at radius 2 is 2.00 bits per heavy atom. The Bertz CT molecular complexity index is 977. The van der Waals surface area contributed by atoms with Gasteiger partial charge in [0.2, 0.25) is 0 Å². The van der Waals surface area contributed by atoms with Crippen LogP contribution in [0.5, 0.6) is 0 Å². The standard InChI is InChI=1S/C18H21ClN4OS/c1-11(2)8-22-13(4)12(3)20-18(22)25-10-15-7-17(24)23-9-14(19)5-6-16(23)21-15/h5-7,9,11H,8,10H2,1-4H3. The lowest BCUT2D eigenvalue weighted by Gasteiger charge is -2.12. The predicted molar refractivity (Wildman–Crippen MR) is 103 cm³/mol. The molecule has 0 radical (unpaired) electrons. The summed E-state index contributed by atoms with van der Waals surface area (Å²) in [5.74, 6) is 1.14. The molecule has 0 saturated carbocycles. The lowest BCUT2D eigenvalue weighted by Crippen LogP contribution is -2.15. The third kappa shape index (κ3) is 3.90. The molecule has 132 valence electrons. The summed E-state index contributed by atoms with van der Waals surface area (Å²) in [6.07, 6.45) is 1.59. The predicted octanol–water partition coefficient (Wildman–Crippen LogP) is 4.11. The fourth-order valence-electron chi connectivity index (χ4n) is 2.65. The molecular weight excluding hydrogens is 356 g/mol. The van der Waals surface area contributed by atoms with E-state index in [4.69, 9.17) is 11.6 Å². The van der Waals surface area contributed by atoms with E-state index in [9.17, 15) is 4.79 Å². The first kappa shape index (κ1) is 18.0. The highest BCUT2D eigenvalue weighted by Crippen LogP contribution is 2.25. The van der Waals surface area contributed by atoms with Crippen LogP contribution in [0, 0.1) is 19.8 Å². The molecule has 0 aliphatic carbocycles. The molecule has 0 aromatic carbocycles. The van der Waals surface area contributed by atoms with Gasteiger partial charge in [0.1, 0.15) is 5.65 Å². The largest absolute Gasteiger partial charge is 0.323 e. The summed E-state index contributed by atoms with van der Waals surface area (Å²) in [6.45, 7) is 9.45. The van der Waals surface area contributed by atoms with Crippen LogP contribution >= 0.6 is 23.4 Å². The highest BCUT2D eigenvalue weighted by Gasteiger charge is 2.13. The van der Waals surface area contributed by atoms with Crippen LogP contribution in [-0.4, -0.2) is 18.9 Å². The van der Waals surface area contributed by atoms with Gasteiger partial charge in [-0.25, -0.2) is 9.97 Å². The number of hydrogen-bond donors (Lipinski definition) is 0. The fourth-order valence-corrected chi connectivity index (χ4v) is 3.81. The van der Waals surface area contributed by atoms with Gasteiger partial charge in [0.25, 0.3) is 5.56 Å². The summed E-state index contributed by atoms with van der Waals surface area (Å²) in [5, 5.41) is 1.49. The van der Waals surface area contributed by atoms with E-state index >= 15 is 0 Å². The van der Waals surface area contributed by atoms with E-state index < -0.39 is 0 Å². The number of imidazole rings is 1. The molecule has 0 fully saturated rings. The zero-order valence-electron chi connectivity index (χ0n) is 14.8. The SMILES string of the molecule is Cc1nc(SCc2cc(=O)n3cc(Cl)ccc3n2)n(CC(C)C)c1C. The lowest BCUT2D eigenvalue weighted by atomic mass is 10.2. The average Bonchev–Trinajstić information content (AvgIpc) is 2.81. The summed E-state index contributed by atoms with van der Waals surface area (Å²) < 4.78 is 3.71. The molecule has 0 atom stereocenters. The molecule has 5 nitrogen and oxygen atoms in total. The van der Waals surface area contributed by atoms with Gasteiger partial charge in [0.05, 0.1) is 16.4 Å². The maximum Gasteiger partial charge on any atom is 0.258 e. The monoisotopic (exact) mass is 376 g/mol. The first-order chi connectivity index (χ1) is 11.8. The molecule has 3 aromatic heterocycles. The molecule has 0 bridgehead atoms. The first-order valence-electron chi connectivity index (χ1n) is 8.19. The molecule has 0 saturated heterocycles. The number of nitrogens with zero attached hydrogens (tertiary/aromatic N) is 4. The molecule has 7 heteroatoms. The van der Waals surface area contributed by atoms with Gasteiger partial charge in [-0.15, -0.1) is 0 Å². The van der Waals surface area contributed by atoms with Crippen molar-refractivity contribution in [2.45, 2.75) is 45.1 Å². The number of hydrogen-bond acceptors (Lipinski definition) is 4. The Morgan fingerprint density at radius 3 is 2.72 bits per heavy atom. The van der Waals surface area contributed by atoms with Crippen molar-refractivity contribution in [2.24, 2.45) is 5.92 Å². The molecular formula is C18H21ClN4OS. The smallest absolute Gasteiger partial charge is 0.258 e. The van der Waals surface area contributed by atoms with E-state index in [1.807, 2.05) is 6.92 Å². The van der Waals surface area contributed by atoms with E-state index in [0.717, 1.165) is 23.1 Å². The summed E-state index contributed by atoms with van der Waals surface area (Å²) in [6, 6.07) is 5.06. The number of aryl methyl sites for hydroxylation is 1. The highest BCUT2D eigenvalue weighted by atomic mass is 35.5. The molecule has 3 heterocycles. The Morgan fingerprint density at radius 1 is 1.24 bits per heavy atom. The van der Waals surface area contributed by atoms with Gasteiger partial charge in [-0.1, -0.05) is 37.2 Å². The molecule has 25 heavy (non-hydrogen) atoms. The van der Waals surface area contributed by atoms with Crippen molar-refractivity contribution in [3.05, 3.63) is 56.9 Å². The number of rotatable bonds is 5. The van der Waals surface area contributed by atoms with E-state index in [1.165, 1.54) is 10.1 Å². The fraction of sp³-hybridized carbons (Fsp3) is 0.389. The minimum Gasteiger partial charge on any atom is -0.323 e. The van der Waals surface area contributed by atoms with E-state index in [2.05, 4.69) is 35.3 Å². The Balaban J connectivity index is 1.87. The van der Waals surface area contributed by atoms with Gasteiger partial charge < -0.3 is 4.57 Å². The topological polar surface area (TPSA) is 52.2 Å². The normalized spacial score (nSPS) is 11.6. The molecule has 3 rings (SSSR count). The average molecular weight is 377 g/mol. The van der Waals surface area contributed by atoms with Crippen LogP contribution in [0.1, 0.15) is 30.9 Å². The summed E-state index contributed by atoms with van der Waals surface area (Å²) in [5.41, 5.74) is 3.46. The van der Waals surface area contributed by atoms with E-state index in [0.29, 0.717) is 22.3 Å². The highest BCUT2D eigenvalue weighted by molar-refractivity contribution is 7.98. The molecule has 0 amide bonds. The van der Waals surface area contributed by atoms with Crippen LogP contribution < -0.4 is 5.56 Å². The Kier molecular flexibility index (Phi) is 5.20. The van der Waals surface area contributed by atoms with Crippen molar-refractivity contribution in [3.63, 3.8) is 0 Å². The second-order valence-corrected chi connectivity index (χ2v) is 7.90. The Hall–Kier alpha value is -1.79. The van der Waals surface area contributed by atoms with Crippen LogP contribution in [0.15, 0.2) is 34.3 Å². The number of halogens is 1. The van der Waals surface area contributed by atoms with Gasteiger partial charge in [-0.2, -0.15) is 0 Å². The van der Waals surface area contributed by atoms with Crippen LogP contribution in [0.4, 0.5) is 0 Å². The zero-order valence-corrected chi connectivity index (χ0v) is 16.4. The van der Waals surface area contributed by atoms with Gasteiger partial charge in [0, 0.05) is 30.3 Å². The van der Waals surface area contributed by atoms with Crippen molar-refractivity contribution < 1.29 is 0 Å². The minimum atomic E-state index is -0.124. The van der Waals surface area contributed by atoms with Gasteiger partial charge in [0.15, 0.2) is 5.16 Å². The zero-order chi connectivity index (χ0) is 18.1. The lowest BCUT2D eigenvalue weighted by molar-refractivity contribution is 0.486. The van der Waals surface area contributed by atoms with Gasteiger partial charge in [-0.3, -0.25) is 9.20 Å². The summed E-state index contributed by atoms with van der Waals surface area (Å²) >= 11 is 7.56. The molecule has 0 aliphatic heterocycles. The van der Waals surface area contributed by atoms with E-state index in [1.54, 1.807) is 36.2 Å². The molecule has 0 unspecified atom stereocenters. The first-order valence-corrected chi connectivity index (χ1v) is 9.56. The summed E-state index contributed by atoms with van der Waals surface area (Å²) in [4.78, 5) is 21.5. The van der Waals surface area contributed by atoms with E-state index in [-0.39, 0.29) is 5.56 Å². The van der Waals surface area contributed by atoms with Gasteiger partial charge in [-0.05, 0) is 31.9 Å². The van der Waals surface area contributed by atoms with Crippen LogP contribution in [0.3, 0.4) is 0 Å². The second kappa shape index (κ2) is 7.22. The van der Waals surface area contributed by atoms with Crippen LogP contribution in [0.2, 0.25) is 5.02 Å². The number of pyridine rings is 1. The Labute approximate surface area is 156 Å². The van der Waals surface area contributed by atoms with Crippen molar-refractivity contribution in [3.8, 4) is 0 Å². The molecule has 3 aromatic rings. The maximum absolute atomic E-state index is 12.3. The van der Waals surface area contributed by atoms with Crippen LogP contribution in [0.25, 0.3) is 5.65 Å². The minimum absolute atomic E-state index is 0.124. The summed E-state index contributed by atoms with van der Waals surface area (Å²) in [7, 11) is 0. The third-order valence-electron chi connectivity index (χ3n) is 4.00. The van der Waals surface area contributed by atoms with Crippen molar-refractivity contribution in [2.75, 3.05) is 0 Å². The molecule has 0 N–H and O–H groups in total. The third-order valence-corrected chi connectivity index (χ3v) is 5.23. The van der Waals surface area contributed by atoms with Crippen molar-refractivity contribution in [1.29, 1.82) is 0 Å². The number of fused-ring (bicyclic) bond motifs is 1. The maximum atomic E-state index is 12.3. The quantitative estimate of drug-likeness (QED) is 0.629.